The van der Waals surface area contributed by atoms with Gasteiger partial charge in [0.2, 0.25) is 5.91 Å². The molecule has 0 saturated carbocycles. The fourth-order valence-corrected chi connectivity index (χ4v) is 1.71. The molecule has 0 radical (unpaired) electrons. The third kappa shape index (κ3) is 3.45. The highest BCUT2D eigenvalue weighted by atomic mass is 16.1. The number of aryl methyl sites for hydroxylation is 2. The van der Waals surface area contributed by atoms with Crippen LogP contribution in [0.15, 0.2) is 36.4 Å². The predicted octanol–water partition coefficient (Wildman–Crippen LogP) is 2.54. The van der Waals surface area contributed by atoms with E-state index in [9.17, 15) is 4.79 Å². The lowest BCUT2D eigenvalue weighted by atomic mass is 10.1. The number of aromatic nitrogens is 2. The van der Waals surface area contributed by atoms with Crippen molar-refractivity contribution in [3.63, 3.8) is 0 Å². The first-order valence-electron chi connectivity index (χ1n) is 6.16. The van der Waals surface area contributed by atoms with E-state index in [0.717, 1.165) is 18.5 Å². The average molecular weight is 243 g/mol. The van der Waals surface area contributed by atoms with Crippen LogP contribution >= 0.6 is 0 Å². The first-order chi connectivity index (χ1) is 8.78. The highest BCUT2D eigenvalue weighted by molar-refractivity contribution is 5.89. The second kappa shape index (κ2) is 6.00. The van der Waals surface area contributed by atoms with Crippen molar-refractivity contribution in [2.75, 3.05) is 5.32 Å². The summed E-state index contributed by atoms with van der Waals surface area (Å²) in [6.45, 7) is 2.04. The molecule has 1 aromatic carbocycles. The van der Waals surface area contributed by atoms with Crippen molar-refractivity contribution >= 4 is 11.7 Å². The molecule has 0 unspecified atom stereocenters. The number of anilines is 1. The molecule has 0 aliphatic rings. The summed E-state index contributed by atoms with van der Waals surface area (Å²) in [5.74, 6) is 0.595. The summed E-state index contributed by atoms with van der Waals surface area (Å²) >= 11 is 0. The maximum absolute atomic E-state index is 11.7. The molecule has 0 aliphatic heterocycles. The maximum atomic E-state index is 11.7. The number of rotatable bonds is 5. The fraction of sp³-hybridized carbons (Fsp3) is 0.286. The number of amides is 1. The molecule has 94 valence electrons. The highest BCUT2D eigenvalue weighted by Crippen LogP contribution is 2.07. The van der Waals surface area contributed by atoms with Crippen molar-refractivity contribution in [3.05, 3.63) is 47.7 Å². The molecule has 1 aromatic heterocycles. The Balaban J connectivity index is 1.82. The first-order valence-corrected chi connectivity index (χ1v) is 6.16. The van der Waals surface area contributed by atoms with Gasteiger partial charge in [-0.25, -0.2) is 0 Å². The van der Waals surface area contributed by atoms with Crippen LogP contribution in [0.1, 0.15) is 24.6 Å². The summed E-state index contributed by atoms with van der Waals surface area (Å²) in [6, 6.07) is 11.8. The van der Waals surface area contributed by atoms with E-state index in [-0.39, 0.29) is 5.91 Å². The summed E-state index contributed by atoms with van der Waals surface area (Å²) in [5.41, 5.74) is 2.19. The highest BCUT2D eigenvalue weighted by Gasteiger charge is 2.05. The van der Waals surface area contributed by atoms with Crippen molar-refractivity contribution in [1.82, 2.24) is 10.2 Å². The van der Waals surface area contributed by atoms with Crippen molar-refractivity contribution in [2.45, 2.75) is 26.2 Å². The third-order valence-corrected chi connectivity index (χ3v) is 2.76. The Morgan fingerprint density at radius 2 is 2.11 bits per heavy atom. The van der Waals surface area contributed by atoms with E-state index < -0.39 is 0 Å². The number of hydrogen-bond acceptors (Lipinski definition) is 2. The van der Waals surface area contributed by atoms with Gasteiger partial charge >= 0.3 is 0 Å². The Labute approximate surface area is 106 Å². The largest absolute Gasteiger partial charge is 0.309 e. The summed E-state index contributed by atoms with van der Waals surface area (Å²) in [7, 11) is 0. The van der Waals surface area contributed by atoms with Gasteiger partial charge in [0, 0.05) is 18.2 Å². The van der Waals surface area contributed by atoms with Crippen LogP contribution in [0, 0.1) is 0 Å². The fourth-order valence-electron chi connectivity index (χ4n) is 1.71. The van der Waals surface area contributed by atoms with Gasteiger partial charge in [0.25, 0.3) is 0 Å². The SMILES string of the molecule is CCc1cc(NC(=O)CCc2ccccc2)n[nH]1. The average Bonchev–Trinajstić information content (AvgIpc) is 2.85. The van der Waals surface area contributed by atoms with Gasteiger partial charge in [0.15, 0.2) is 5.82 Å². The number of nitrogens with one attached hydrogen (secondary N) is 2. The zero-order chi connectivity index (χ0) is 12.8. The molecule has 4 heteroatoms. The number of hydrogen-bond donors (Lipinski definition) is 2. The maximum Gasteiger partial charge on any atom is 0.225 e. The Hall–Kier alpha value is -2.10. The number of nitrogens with zero attached hydrogens (tertiary/aromatic N) is 1. The smallest absolute Gasteiger partial charge is 0.225 e. The second-order valence-corrected chi connectivity index (χ2v) is 4.17. The molecule has 2 rings (SSSR count). The predicted molar refractivity (Wildman–Crippen MR) is 71.4 cm³/mol. The molecule has 2 N–H and O–H groups in total. The number of benzene rings is 1. The van der Waals surface area contributed by atoms with E-state index in [0.29, 0.717) is 12.2 Å². The van der Waals surface area contributed by atoms with E-state index >= 15 is 0 Å². The molecule has 0 saturated heterocycles. The minimum atomic E-state index is -0.00648. The van der Waals surface area contributed by atoms with Crippen LogP contribution in [0.25, 0.3) is 0 Å². The molecule has 2 aromatic rings. The Morgan fingerprint density at radius 3 is 2.78 bits per heavy atom. The van der Waals surface area contributed by atoms with Crippen LogP contribution in [0.3, 0.4) is 0 Å². The first kappa shape index (κ1) is 12.4. The lowest BCUT2D eigenvalue weighted by Gasteiger charge is -2.01. The van der Waals surface area contributed by atoms with E-state index in [2.05, 4.69) is 15.5 Å². The van der Waals surface area contributed by atoms with Crippen LogP contribution in [0.2, 0.25) is 0 Å². The van der Waals surface area contributed by atoms with E-state index in [1.54, 1.807) is 0 Å². The monoisotopic (exact) mass is 243 g/mol. The van der Waals surface area contributed by atoms with Gasteiger partial charge in [0.1, 0.15) is 0 Å². The Bertz CT molecular complexity index is 505. The zero-order valence-electron chi connectivity index (χ0n) is 10.4. The standard InChI is InChI=1S/C14H17N3O/c1-2-12-10-13(17-16-12)15-14(18)9-8-11-6-4-3-5-7-11/h3-7,10H,2,8-9H2,1H3,(H2,15,16,17,18). The van der Waals surface area contributed by atoms with E-state index in [4.69, 9.17) is 0 Å². The lowest BCUT2D eigenvalue weighted by molar-refractivity contribution is -0.116. The van der Waals surface area contributed by atoms with Crippen LogP contribution < -0.4 is 5.32 Å². The van der Waals surface area contributed by atoms with Gasteiger partial charge in [-0.15, -0.1) is 0 Å². The van der Waals surface area contributed by atoms with Crippen LogP contribution in [-0.2, 0) is 17.6 Å². The van der Waals surface area contributed by atoms with Crippen molar-refractivity contribution in [3.8, 4) is 0 Å². The van der Waals surface area contributed by atoms with Gasteiger partial charge in [-0.05, 0) is 18.4 Å². The number of H-pyrrole nitrogens is 1. The van der Waals surface area contributed by atoms with Gasteiger partial charge in [-0.2, -0.15) is 5.10 Å². The second-order valence-electron chi connectivity index (χ2n) is 4.17. The van der Waals surface area contributed by atoms with Gasteiger partial charge in [-0.1, -0.05) is 37.3 Å². The summed E-state index contributed by atoms with van der Waals surface area (Å²) in [4.78, 5) is 11.7. The summed E-state index contributed by atoms with van der Waals surface area (Å²) in [6.07, 6.45) is 2.10. The molecular weight excluding hydrogens is 226 g/mol. The Morgan fingerprint density at radius 1 is 1.33 bits per heavy atom. The minimum absolute atomic E-state index is 0.00648. The topological polar surface area (TPSA) is 57.8 Å². The Kier molecular flexibility index (Phi) is 4.12. The number of carbonyl (C=O) groups is 1. The van der Waals surface area contributed by atoms with Crippen molar-refractivity contribution in [1.29, 1.82) is 0 Å². The van der Waals surface area contributed by atoms with Crippen molar-refractivity contribution in [2.24, 2.45) is 0 Å². The quantitative estimate of drug-likeness (QED) is 0.847. The zero-order valence-corrected chi connectivity index (χ0v) is 10.4. The molecule has 0 bridgehead atoms. The van der Waals surface area contributed by atoms with Gasteiger partial charge in [-0.3, -0.25) is 9.89 Å². The summed E-state index contributed by atoms with van der Waals surface area (Å²) < 4.78 is 0. The number of aromatic amines is 1. The molecule has 4 nitrogen and oxygen atoms in total. The molecule has 1 amide bonds. The summed E-state index contributed by atoms with van der Waals surface area (Å²) in [5, 5.41) is 9.68. The van der Waals surface area contributed by atoms with E-state index in [1.807, 2.05) is 43.3 Å². The molecular formula is C14H17N3O. The van der Waals surface area contributed by atoms with Crippen molar-refractivity contribution < 1.29 is 4.79 Å². The van der Waals surface area contributed by atoms with E-state index in [1.165, 1.54) is 5.56 Å². The molecule has 0 atom stereocenters. The molecule has 0 aliphatic carbocycles. The van der Waals surface area contributed by atoms with Crippen LogP contribution in [0.5, 0.6) is 0 Å². The lowest BCUT2D eigenvalue weighted by Crippen LogP contribution is -2.12. The molecule has 0 fully saturated rings. The number of carbonyl (C=O) groups excluding carboxylic acids is 1. The van der Waals surface area contributed by atoms with Crippen LogP contribution in [0.4, 0.5) is 5.82 Å². The molecule has 18 heavy (non-hydrogen) atoms. The third-order valence-electron chi connectivity index (χ3n) is 2.76. The van der Waals surface area contributed by atoms with Gasteiger partial charge in [0.05, 0.1) is 0 Å². The molecule has 0 spiro atoms. The van der Waals surface area contributed by atoms with Crippen LogP contribution in [-0.4, -0.2) is 16.1 Å². The molecule has 1 heterocycles. The van der Waals surface area contributed by atoms with Gasteiger partial charge < -0.3 is 5.32 Å². The normalized spacial score (nSPS) is 10.3. The minimum Gasteiger partial charge on any atom is -0.309 e.